The predicted molar refractivity (Wildman–Crippen MR) is 41.3 cm³/mol. The van der Waals surface area contributed by atoms with Crippen LogP contribution in [-0.2, 0) is 13.6 Å². The van der Waals surface area contributed by atoms with Crippen molar-refractivity contribution in [2.45, 2.75) is 6.92 Å². The van der Waals surface area contributed by atoms with Crippen LogP contribution in [0.5, 0.6) is 0 Å². The summed E-state index contributed by atoms with van der Waals surface area (Å²) in [6.07, 6.45) is 0. The van der Waals surface area contributed by atoms with Gasteiger partial charge in [0.1, 0.15) is 0 Å². The van der Waals surface area contributed by atoms with E-state index in [1.165, 1.54) is 13.8 Å². The Hall–Kier alpha value is -0.110. The van der Waals surface area contributed by atoms with E-state index in [4.69, 9.17) is 4.52 Å². The van der Waals surface area contributed by atoms with Crippen molar-refractivity contribution in [2.75, 3.05) is 20.4 Å². The largest absolute Gasteiger partial charge is 0.327 e. The van der Waals surface area contributed by atoms with Crippen LogP contribution >= 0.6 is 7.60 Å². The van der Waals surface area contributed by atoms with Crippen molar-refractivity contribution < 1.29 is 13.6 Å². The molecular formula is C6H13O3P. The van der Waals surface area contributed by atoms with Gasteiger partial charge in [0.25, 0.3) is 0 Å². The fourth-order valence-corrected chi connectivity index (χ4v) is 0.840. The Labute approximate surface area is 61.6 Å². The van der Waals surface area contributed by atoms with Gasteiger partial charge in [-0.2, -0.15) is 0 Å². The topological polar surface area (TPSA) is 35.5 Å². The summed E-state index contributed by atoms with van der Waals surface area (Å²) in [5.41, 5.74) is 0.833. The predicted octanol–water partition coefficient (Wildman–Crippen LogP) is 2.05. The molecule has 0 radical (unpaired) electrons. The maximum atomic E-state index is 11.0. The van der Waals surface area contributed by atoms with Crippen LogP contribution in [0.15, 0.2) is 12.2 Å². The molecule has 4 heteroatoms. The smallest absolute Gasteiger partial charge is 0.312 e. The van der Waals surface area contributed by atoms with E-state index in [2.05, 4.69) is 11.1 Å². The molecular weight excluding hydrogens is 151 g/mol. The zero-order chi connectivity index (χ0) is 8.20. The van der Waals surface area contributed by atoms with Crippen molar-refractivity contribution in [3.8, 4) is 0 Å². The lowest BCUT2D eigenvalue weighted by Gasteiger charge is -2.10. The van der Waals surface area contributed by atoms with E-state index in [9.17, 15) is 4.57 Å². The molecule has 60 valence electrons. The second-order valence-electron chi connectivity index (χ2n) is 2.18. The molecule has 3 nitrogen and oxygen atoms in total. The van der Waals surface area contributed by atoms with Crippen molar-refractivity contribution in [1.29, 1.82) is 0 Å². The molecule has 0 amide bonds. The summed E-state index contributed by atoms with van der Waals surface area (Å²) < 4.78 is 20.5. The molecule has 0 bridgehead atoms. The van der Waals surface area contributed by atoms with Crippen LogP contribution in [0.4, 0.5) is 0 Å². The zero-order valence-electron chi connectivity index (χ0n) is 6.59. The van der Waals surface area contributed by atoms with Gasteiger partial charge in [-0.25, -0.2) is 0 Å². The summed E-state index contributed by atoms with van der Waals surface area (Å²) in [6.45, 7) is 7.11. The molecule has 0 aliphatic heterocycles. The minimum absolute atomic E-state index is 0.293. The van der Waals surface area contributed by atoms with Crippen LogP contribution < -0.4 is 0 Å². The highest BCUT2D eigenvalue weighted by Gasteiger charge is 2.12. The van der Waals surface area contributed by atoms with Crippen LogP contribution in [0, 0.1) is 0 Å². The van der Waals surface area contributed by atoms with Crippen molar-refractivity contribution >= 4 is 7.60 Å². The fourth-order valence-electron chi connectivity index (χ4n) is 0.280. The molecule has 0 saturated carbocycles. The summed E-state index contributed by atoms with van der Waals surface area (Å²) in [6, 6.07) is 0. The Morgan fingerprint density at radius 3 is 2.50 bits per heavy atom. The Morgan fingerprint density at radius 2 is 2.20 bits per heavy atom. The van der Waals surface area contributed by atoms with Gasteiger partial charge in [0.05, 0.1) is 6.61 Å². The van der Waals surface area contributed by atoms with Gasteiger partial charge in [-0.1, -0.05) is 12.2 Å². The van der Waals surface area contributed by atoms with Gasteiger partial charge in [-0.05, 0) is 6.92 Å². The highest BCUT2D eigenvalue weighted by atomic mass is 31.2. The molecule has 0 fully saturated rings. The number of hydrogen-bond acceptors (Lipinski definition) is 3. The maximum absolute atomic E-state index is 11.0. The van der Waals surface area contributed by atoms with Crippen LogP contribution in [0.1, 0.15) is 6.92 Å². The average Bonchev–Trinajstić information content (AvgIpc) is 1.85. The third kappa shape index (κ3) is 4.74. The van der Waals surface area contributed by atoms with Gasteiger partial charge in [0.2, 0.25) is 0 Å². The van der Waals surface area contributed by atoms with Crippen LogP contribution in [0.3, 0.4) is 0 Å². The highest BCUT2D eigenvalue weighted by molar-refractivity contribution is 7.52. The third-order valence-electron chi connectivity index (χ3n) is 0.877. The van der Waals surface area contributed by atoms with E-state index in [-0.39, 0.29) is 0 Å². The van der Waals surface area contributed by atoms with Gasteiger partial charge in [0, 0.05) is 13.8 Å². The molecule has 0 aliphatic rings. The average molecular weight is 164 g/mol. The minimum Gasteiger partial charge on any atom is -0.312 e. The molecule has 0 heterocycles. The van der Waals surface area contributed by atoms with Crippen LogP contribution in [0.2, 0.25) is 0 Å². The second kappa shape index (κ2) is 3.91. The molecule has 0 aliphatic carbocycles. The lowest BCUT2D eigenvalue weighted by molar-refractivity contribution is 0.256. The molecule has 1 unspecified atom stereocenters. The summed E-state index contributed by atoms with van der Waals surface area (Å²) in [5.74, 6) is 0. The molecule has 0 spiro atoms. The SMILES string of the molecule is C=C(C)COP(C)(=O)OC. The van der Waals surface area contributed by atoms with Crippen molar-refractivity contribution in [1.82, 2.24) is 0 Å². The Balaban J connectivity index is 3.68. The van der Waals surface area contributed by atoms with Gasteiger partial charge in [-0.3, -0.25) is 4.57 Å². The quantitative estimate of drug-likeness (QED) is 0.471. The van der Waals surface area contributed by atoms with Gasteiger partial charge in [-0.15, -0.1) is 0 Å². The first-order valence-corrected chi connectivity index (χ1v) is 4.89. The molecule has 0 rings (SSSR count). The Kier molecular flexibility index (Phi) is 3.87. The van der Waals surface area contributed by atoms with Crippen LogP contribution in [-0.4, -0.2) is 20.4 Å². The second-order valence-corrected chi connectivity index (χ2v) is 4.35. The molecule has 1 atom stereocenters. The van der Waals surface area contributed by atoms with Crippen LogP contribution in [0.25, 0.3) is 0 Å². The summed E-state index contributed by atoms with van der Waals surface area (Å²) in [7, 11) is -1.43. The zero-order valence-corrected chi connectivity index (χ0v) is 7.48. The molecule has 0 N–H and O–H groups in total. The van der Waals surface area contributed by atoms with Gasteiger partial charge < -0.3 is 9.05 Å². The Bertz CT molecular complexity index is 164. The van der Waals surface area contributed by atoms with Crippen molar-refractivity contribution in [3.05, 3.63) is 12.2 Å². The first kappa shape index (κ1) is 9.89. The van der Waals surface area contributed by atoms with Crippen molar-refractivity contribution in [2.24, 2.45) is 0 Å². The van der Waals surface area contributed by atoms with E-state index < -0.39 is 7.60 Å². The normalized spacial score (nSPS) is 16.3. The molecule has 0 saturated heterocycles. The molecule has 0 aromatic rings. The highest BCUT2D eigenvalue weighted by Crippen LogP contribution is 2.42. The van der Waals surface area contributed by atoms with E-state index >= 15 is 0 Å². The first-order chi connectivity index (χ1) is 4.48. The molecule has 0 aromatic heterocycles. The standard InChI is InChI=1S/C6H13O3P/c1-6(2)5-9-10(4,7)8-3/h1,5H2,2-4H3. The molecule has 0 aromatic carbocycles. The first-order valence-electron chi connectivity index (χ1n) is 2.90. The number of rotatable bonds is 4. The summed E-state index contributed by atoms with van der Waals surface area (Å²) >= 11 is 0. The summed E-state index contributed by atoms with van der Waals surface area (Å²) in [4.78, 5) is 0. The fraction of sp³-hybridized carbons (Fsp3) is 0.667. The lowest BCUT2D eigenvalue weighted by atomic mass is 10.4. The monoisotopic (exact) mass is 164 g/mol. The van der Waals surface area contributed by atoms with E-state index in [1.54, 1.807) is 6.92 Å². The minimum atomic E-state index is -2.79. The van der Waals surface area contributed by atoms with E-state index in [0.29, 0.717) is 6.61 Å². The Morgan fingerprint density at radius 1 is 1.70 bits per heavy atom. The third-order valence-corrected chi connectivity index (χ3v) is 2.14. The van der Waals surface area contributed by atoms with Gasteiger partial charge in [0.15, 0.2) is 0 Å². The van der Waals surface area contributed by atoms with Gasteiger partial charge >= 0.3 is 7.60 Å². The maximum Gasteiger partial charge on any atom is 0.327 e. The lowest BCUT2D eigenvalue weighted by Crippen LogP contribution is -1.93. The van der Waals surface area contributed by atoms with Crippen molar-refractivity contribution in [3.63, 3.8) is 0 Å². The van der Waals surface area contributed by atoms with E-state index in [1.807, 2.05) is 0 Å². The summed E-state index contributed by atoms with van der Waals surface area (Å²) in [5, 5.41) is 0. The van der Waals surface area contributed by atoms with E-state index in [0.717, 1.165) is 5.57 Å². The molecule has 10 heavy (non-hydrogen) atoms. The number of hydrogen-bond donors (Lipinski definition) is 0.